The molecular formula is C25H26ClNO3. The van der Waals surface area contributed by atoms with E-state index < -0.39 is 0 Å². The highest BCUT2D eigenvalue weighted by Crippen LogP contribution is 2.51. The van der Waals surface area contributed by atoms with Crippen molar-refractivity contribution in [2.75, 3.05) is 13.1 Å². The normalized spacial score (nSPS) is 17.0. The number of hydrogen-bond acceptors (Lipinski definition) is 4. The summed E-state index contributed by atoms with van der Waals surface area (Å²) >= 11 is 0. The van der Waals surface area contributed by atoms with Crippen LogP contribution in [0.15, 0.2) is 48.5 Å². The summed E-state index contributed by atoms with van der Waals surface area (Å²) in [5.74, 6) is 0.141. The molecule has 5 heteroatoms. The van der Waals surface area contributed by atoms with Gasteiger partial charge in [-0.1, -0.05) is 31.2 Å². The molecule has 0 saturated heterocycles. The molecule has 0 radical (unpaired) electrons. The monoisotopic (exact) mass is 423 g/mol. The van der Waals surface area contributed by atoms with Crippen LogP contribution < -0.4 is 0 Å². The van der Waals surface area contributed by atoms with Crippen LogP contribution in [-0.2, 0) is 12.8 Å². The van der Waals surface area contributed by atoms with E-state index in [1.165, 1.54) is 11.1 Å². The van der Waals surface area contributed by atoms with Crippen molar-refractivity contribution in [3.05, 3.63) is 65.2 Å². The van der Waals surface area contributed by atoms with Crippen LogP contribution in [-0.4, -0.2) is 33.3 Å². The largest absolute Gasteiger partial charge is 0.508 e. The first-order valence-corrected chi connectivity index (χ1v) is 10.3. The molecule has 3 N–H and O–H groups in total. The molecule has 1 aliphatic carbocycles. The molecule has 1 heterocycles. The first kappa shape index (κ1) is 20.6. The first-order valence-electron chi connectivity index (χ1n) is 10.3. The highest BCUT2D eigenvalue weighted by atomic mass is 35.5. The van der Waals surface area contributed by atoms with Gasteiger partial charge in [0.2, 0.25) is 0 Å². The number of nitrogens with zero attached hydrogens (tertiary/aromatic N) is 1. The second-order valence-electron chi connectivity index (χ2n) is 8.12. The zero-order chi connectivity index (χ0) is 20.1. The van der Waals surface area contributed by atoms with Gasteiger partial charge in [-0.05, 0) is 83.5 Å². The zero-order valence-electron chi connectivity index (χ0n) is 16.9. The average molecular weight is 424 g/mol. The van der Waals surface area contributed by atoms with Gasteiger partial charge in [0.15, 0.2) is 11.5 Å². The topological polar surface area (TPSA) is 63.9 Å². The fraction of sp³-hybridized carbons (Fsp3) is 0.280. The lowest BCUT2D eigenvalue weighted by Crippen LogP contribution is -2.38. The highest BCUT2D eigenvalue weighted by Gasteiger charge is 2.36. The Balaban J connectivity index is 0.00000218. The summed E-state index contributed by atoms with van der Waals surface area (Å²) in [6, 6.07) is 15.5. The minimum absolute atomic E-state index is 0. The lowest BCUT2D eigenvalue weighted by molar-refractivity contribution is 0.183. The smallest absolute Gasteiger partial charge is 0.165 e. The van der Waals surface area contributed by atoms with Crippen LogP contribution in [0.25, 0.3) is 22.3 Å². The molecule has 0 fully saturated rings. The van der Waals surface area contributed by atoms with Crippen LogP contribution in [0, 0.1) is 0 Å². The molecular weight excluding hydrogens is 398 g/mol. The Hall–Kier alpha value is -2.69. The van der Waals surface area contributed by atoms with Gasteiger partial charge in [-0.2, -0.15) is 0 Å². The molecule has 1 aliphatic heterocycles. The Bertz CT molecular complexity index is 1090. The van der Waals surface area contributed by atoms with Gasteiger partial charge in [-0.15, -0.1) is 12.4 Å². The minimum Gasteiger partial charge on any atom is -0.508 e. The van der Waals surface area contributed by atoms with Crippen molar-refractivity contribution in [1.82, 2.24) is 4.90 Å². The molecule has 0 aromatic heterocycles. The quantitative estimate of drug-likeness (QED) is 0.492. The Kier molecular flexibility index (Phi) is 5.39. The number of hydrogen-bond donors (Lipinski definition) is 3. The summed E-state index contributed by atoms with van der Waals surface area (Å²) in [4.78, 5) is 2.55. The second kappa shape index (κ2) is 7.86. The molecule has 1 atom stereocenters. The van der Waals surface area contributed by atoms with E-state index in [1.807, 2.05) is 18.2 Å². The Labute approximate surface area is 182 Å². The third-order valence-corrected chi connectivity index (χ3v) is 6.35. The van der Waals surface area contributed by atoms with Crippen molar-refractivity contribution < 1.29 is 15.3 Å². The van der Waals surface area contributed by atoms with Crippen molar-refractivity contribution in [2.45, 2.75) is 32.2 Å². The number of benzene rings is 3. The number of phenolic OH excluding ortho intramolecular Hbond substituents is 3. The summed E-state index contributed by atoms with van der Waals surface area (Å²) < 4.78 is 0. The summed E-state index contributed by atoms with van der Waals surface area (Å²) in [6.45, 7) is 4.30. The van der Waals surface area contributed by atoms with Gasteiger partial charge < -0.3 is 15.3 Å². The maximum absolute atomic E-state index is 10.7. The third kappa shape index (κ3) is 3.21. The molecule has 5 rings (SSSR count). The molecule has 3 aromatic carbocycles. The second-order valence-corrected chi connectivity index (χ2v) is 8.12. The molecule has 4 nitrogen and oxygen atoms in total. The van der Waals surface area contributed by atoms with E-state index in [1.54, 1.807) is 18.2 Å². The van der Waals surface area contributed by atoms with Crippen LogP contribution in [0.4, 0.5) is 0 Å². The lowest BCUT2D eigenvalue weighted by atomic mass is 9.75. The lowest BCUT2D eigenvalue weighted by Gasteiger charge is -2.42. The van der Waals surface area contributed by atoms with E-state index in [0.717, 1.165) is 60.2 Å². The number of rotatable bonds is 3. The van der Waals surface area contributed by atoms with E-state index in [9.17, 15) is 15.3 Å². The number of halogens is 1. The third-order valence-electron chi connectivity index (χ3n) is 6.35. The predicted molar refractivity (Wildman–Crippen MR) is 122 cm³/mol. The number of fused-ring (bicyclic) bond motifs is 2. The van der Waals surface area contributed by atoms with Crippen LogP contribution in [0.2, 0.25) is 0 Å². The Morgan fingerprint density at radius 3 is 2.43 bits per heavy atom. The van der Waals surface area contributed by atoms with Gasteiger partial charge in [0.25, 0.3) is 0 Å². The van der Waals surface area contributed by atoms with Crippen molar-refractivity contribution in [1.29, 1.82) is 0 Å². The van der Waals surface area contributed by atoms with Gasteiger partial charge >= 0.3 is 0 Å². The fourth-order valence-corrected chi connectivity index (χ4v) is 5.03. The molecule has 30 heavy (non-hydrogen) atoms. The van der Waals surface area contributed by atoms with E-state index >= 15 is 0 Å². The maximum Gasteiger partial charge on any atom is 0.165 e. The van der Waals surface area contributed by atoms with Crippen molar-refractivity contribution in [3.63, 3.8) is 0 Å². The summed E-state index contributed by atoms with van der Waals surface area (Å²) in [5.41, 5.74) is 7.56. The van der Waals surface area contributed by atoms with E-state index in [-0.39, 0.29) is 29.7 Å². The predicted octanol–water partition coefficient (Wildman–Crippen LogP) is 5.42. The molecule has 1 unspecified atom stereocenters. The van der Waals surface area contributed by atoms with Crippen LogP contribution in [0.3, 0.4) is 0 Å². The minimum atomic E-state index is -0.0767. The Morgan fingerprint density at radius 1 is 0.933 bits per heavy atom. The highest BCUT2D eigenvalue weighted by molar-refractivity contribution is 5.86. The zero-order valence-corrected chi connectivity index (χ0v) is 17.7. The number of phenols is 3. The molecule has 2 aliphatic rings. The molecule has 0 bridgehead atoms. The Morgan fingerprint density at radius 2 is 1.70 bits per heavy atom. The van der Waals surface area contributed by atoms with Crippen molar-refractivity contribution in [2.24, 2.45) is 0 Å². The van der Waals surface area contributed by atoms with Crippen molar-refractivity contribution >= 4 is 12.4 Å². The molecule has 0 amide bonds. The average Bonchev–Trinajstić information content (AvgIpc) is 2.73. The molecule has 156 valence electrons. The number of aromatic hydroxyl groups is 3. The van der Waals surface area contributed by atoms with E-state index in [4.69, 9.17) is 0 Å². The fourth-order valence-electron chi connectivity index (χ4n) is 5.03. The first-order chi connectivity index (χ1) is 14.1. The van der Waals surface area contributed by atoms with Crippen LogP contribution >= 0.6 is 12.4 Å². The van der Waals surface area contributed by atoms with E-state index in [2.05, 4.69) is 24.0 Å². The maximum atomic E-state index is 10.7. The molecule has 0 spiro atoms. The summed E-state index contributed by atoms with van der Waals surface area (Å²) in [6.07, 6.45) is 2.93. The van der Waals surface area contributed by atoms with Gasteiger partial charge in [0.05, 0.1) is 0 Å². The van der Waals surface area contributed by atoms with Gasteiger partial charge in [0, 0.05) is 18.2 Å². The van der Waals surface area contributed by atoms with E-state index in [0.29, 0.717) is 6.04 Å². The SMILES string of the molecule is CCCN1CCc2cc(-c3ccc(O)cc3)cc3c2C1Cc1ccc(O)c(O)c1-3.Cl. The van der Waals surface area contributed by atoms with Crippen molar-refractivity contribution in [3.8, 4) is 39.5 Å². The standard InChI is InChI=1S/C25H25NO3.ClH/c1-2-10-26-11-9-17-12-18(15-3-6-19(27)7-4-15)13-20-23(17)21(26)14-16-5-8-22(28)25(29)24(16)20;/h3-8,12-13,21,27-29H,2,9-11,14H2,1H3;1H. The molecule has 3 aromatic rings. The summed E-state index contributed by atoms with van der Waals surface area (Å²) in [7, 11) is 0. The van der Waals surface area contributed by atoms with Gasteiger partial charge in [-0.3, -0.25) is 4.90 Å². The van der Waals surface area contributed by atoms with Crippen LogP contribution in [0.1, 0.15) is 36.1 Å². The summed E-state index contributed by atoms with van der Waals surface area (Å²) in [5, 5.41) is 30.6. The van der Waals surface area contributed by atoms with Crippen LogP contribution in [0.5, 0.6) is 17.2 Å². The molecule has 0 saturated carbocycles. The van der Waals surface area contributed by atoms with Gasteiger partial charge in [0.1, 0.15) is 5.75 Å². The van der Waals surface area contributed by atoms with Gasteiger partial charge in [-0.25, -0.2) is 0 Å².